The molecule has 4 N–H and O–H groups in total. The van der Waals surface area contributed by atoms with Crippen LogP contribution in [0.1, 0.15) is 73.0 Å². The highest BCUT2D eigenvalue weighted by Gasteiger charge is 2.26. The number of aromatic nitrogens is 2. The normalized spacial score (nSPS) is 18.1. The number of aliphatic hydroxyl groups is 1. The van der Waals surface area contributed by atoms with E-state index < -0.39 is 30.4 Å². The molecular weight excluding hydrogens is 532 g/mol. The average Bonchev–Trinajstić information content (AvgIpc) is 3.38. The Hall–Kier alpha value is -4.50. The van der Waals surface area contributed by atoms with E-state index in [-0.39, 0.29) is 0 Å². The minimum Gasteiger partial charge on any atom is -0.478 e. The van der Waals surface area contributed by atoms with E-state index in [0.29, 0.717) is 28.7 Å². The zero-order valence-corrected chi connectivity index (χ0v) is 23.6. The van der Waals surface area contributed by atoms with Crippen molar-refractivity contribution in [3.8, 4) is 0 Å². The number of carbonyl (C=O) groups excluding carboxylic acids is 2. The fraction of sp³-hybridized carbons (Fsp3) is 0.333. The molecule has 2 amide bonds. The second-order valence-corrected chi connectivity index (χ2v) is 11.1. The summed E-state index contributed by atoms with van der Waals surface area (Å²) in [5.41, 5.74) is 4.54. The summed E-state index contributed by atoms with van der Waals surface area (Å²) in [5, 5.41) is 30.0. The van der Waals surface area contributed by atoms with Crippen LogP contribution in [-0.2, 0) is 9.59 Å². The van der Waals surface area contributed by atoms with Crippen LogP contribution in [0.5, 0.6) is 0 Å². The summed E-state index contributed by atoms with van der Waals surface area (Å²) in [6.45, 7) is 1.61. The lowest BCUT2D eigenvalue weighted by Gasteiger charge is -2.25. The van der Waals surface area contributed by atoms with Gasteiger partial charge < -0.3 is 20.8 Å². The third-order valence-electron chi connectivity index (χ3n) is 7.90. The van der Waals surface area contributed by atoms with Crippen molar-refractivity contribution < 1.29 is 24.6 Å². The number of aliphatic carboxylic acids is 1. The number of benzene rings is 2. The molecule has 9 nitrogen and oxygen atoms in total. The second-order valence-electron chi connectivity index (χ2n) is 11.1. The monoisotopic (exact) mass is 568 g/mol. The molecule has 2 atom stereocenters. The summed E-state index contributed by atoms with van der Waals surface area (Å²) in [5.74, 6) is -1.28. The third kappa shape index (κ3) is 6.69. The number of fused-ring (bicyclic) bond motifs is 1. The molecule has 1 heterocycles. The van der Waals surface area contributed by atoms with Gasteiger partial charge in [0.1, 0.15) is 6.04 Å². The molecule has 0 saturated heterocycles. The largest absolute Gasteiger partial charge is 0.478 e. The number of carbonyl (C=O) groups is 3. The van der Waals surface area contributed by atoms with Gasteiger partial charge >= 0.3 is 5.97 Å². The van der Waals surface area contributed by atoms with Gasteiger partial charge in [-0.2, -0.15) is 5.10 Å². The highest BCUT2D eigenvalue weighted by atomic mass is 16.4. The second kappa shape index (κ2) is 13.0. The third-order valence-corrected chi connectivity index (χ3v) is 7.90. The molecular formula is C33H36N4O5. The lowest BCUT2D eigenvalue weighted by Crippen LogP contribution is -2.46. The first-order chi connectivity index (χ1) is 20.3. The number of rotatable bonds is 9. The molecule has 0 aliphatic heterocycles. The van der Waals surface area contributed by atoms with Crippen molar-refractivity contribution in [2.45, 2.75) is 57.4 Å². The van der Waals surface area contributed by atoms with Crippen molar-refractivity contribution in [2.75, 3.05) is 11.9 Å². The van der Waals surface area contributed by atoms with E-state index in [1.165, 1.54) is 31.0 Å². The van der Waals surface area contributed by atoms with Gasteiger partial charge in [-0.15, -0.1) is 0 Å². The van der Waals surface area contributed by atoms with Crippen molar-refractivity contribution >= 4 is 46.1 Å². The number of hydrogen-bond donors (Lipinski definition) is 4. The molecule has 1 unspecified atom stereocenters. The van der Waals surface area contributed by atoms with Crippen molar-refractivity contribution in [2.24, 2.45) is 5.92 Å². The summed E-state index contributed by atoms with van der Waals surface area (Å²) in [6.07, 6.45) is 15.7. The fourth-order valence-electron chi connectivity index (χ4n) is 5.73. The van der Waals surface area contributed by atoms with Crippen LogP contribution in [0, 0.1) is 5.92 Å². The summed E-state index contributed by atoms with van der Waals surface area (Å²) < 4.78 is 2.09. The molecule has 9 heteroatoms. The zero-order chi connectivity index (χ0) is 29.6. The molecule has 2 aromatic carbocycles. The smallest absolute Gasteiger partial charge is 0.328 e. The van der Waals surface area contributed by atoms with Gasteiger partial charge in [-0.3, -0.25) is 9.59 Å². The van der Waals surface area contributed by atoms with Gasteiger partial charge in [-0.05, 0) is 67.2 Å². The standard InChI is InChI=1S/C33H36N4O5/c1-21-6-5-9-26(18-21)37-31(23-7-3-2-4-8-23)27-16-13-24(19-28(27)36-37)32(41)35-29(20-38)33(42)34-25-14-10-22(11-15-25)12-17-30(39)40/h5-6,9-17,19,21,23,29,38H,2-4,7-8,18,20H2,1H3,(H,34,42)(H,35,41)(H,39,40)/b17-12+/t21?,29-/m0/s1. The fourth-order valence-corrected chi connectivity index (χ4v) is 5.73. The van der Waals surface area contributed by atoms with Gasteiger partial charge in [-0.25, -0.2) is 9.48 Å². The minimum absolute atomic E-state index is 0.356. The molecule has 2 aliphatic rings. The van der Waals surface area contributed by atoms with E-state index in [2.05, 4.69) is 40.5 Å². The Kier molecular flexibility index (Phi) is 8.97. The molecule has 0 bridgehead atoms. The number of hydrogen-bond acceptors (Lipinski definition) is 5. The molecule has 42 heavy (non-hydrogen) atoms. The number of carboxylic acid groups (broad SMARTS) is 1. The van der Waals surface area contributed by atoms with E-state index in [4.69, 9.17) is 10.2 Å². The Morgan fingerprint density at radius 3 is 2.55 bits per heavy atom. The topological polar surface area (TPSA) is 134 Å². The van der Waals surface area contributed by atoms with Gasteiger partial charge in [0.15, 0.2) is 0 Å². The first-order valence-corrected chi connectivity index (χ1v) is 14.5. The van der Waals surface area contributed by atoms with E-state index >= 15 is 0 Å². The van der Waals surface area contributed by atoms with E-state index in [1.54, 1.807) is 36.4 Å². The predicted molar refractivity (Wildman–Crippen MR) is 163 cm³/mol. The lowest BCUT2D eigenvalue weighted by molar-refractivity contribution is -0.131. The van der Waals surface area contributed by atoms with Gasteiger partial charge in [0.05, 0.1) is 17.8 Å². The van der Waals surface area contributed by atoms with Crippen LogP contribution in [-0.4, -0.2) is 50.4 Å². The molecule has 3 aromatic rings. The SMILES string of the molecule is CC1C=CC=C(n2nc3cc(C(=O)N[C@@H](CO)C(=O)Nc4ccc(/C=C/C(=O)O)cc4)ccc3c2C2CCCCC2)C1. The number of carboxylic acids is 1. The number of nitrogens with one attached hydrogen (secondary N) is 2. The minimum atomic E-state index is -1.17. The maximum absolute atomic E-state index is 13.2. The van der Waals surface area contributed by atoms with Gasteiger partial charge in [0.2, 0.25) is 5.91 Å². The molecule has 1 aromatic heterocycles. The maximum Gasteiger partial charge on any atom is 0.328 e. The van der Waals surface area contributed by atoms with E-state index in [1.807, 2.05) is 6.07 Å². The first kappa shape index (κ1) is 29.0. The van der Waals surface area contributed by atoms with Crippen molar-refractivity contribution in [3.63, 3.8) is 0 Å². The summed E-state index contributed by atoms with van der Waals surface area (Å²) in [7, 11) is 0. The van der Waals surface area contributed by atoms with Crippen LogP contribution < -0.4 is 10.6 Å². The van der Waals surface area contributed by atoms with Gasteiger partial charge in [0.25, 0.3) is 5.91 Å². The number of allylic oxidation sites excluding steroid dienone is 4. The predicted octanol–water partition coefficient (Wildman–Crippen LogP) is 5.35. The highest BCUT2D eigenvalue weighted by Crippen LogP contribution is 2.39. The van der Waals surface area contributed by atoms with Gasteiger partial charge in [-0.1, -0.05) is 56.5 Å². The molecule has 1 saturated carbocycles. The zero-order valence-electron chi connectivity index (χ0n) is 23.6. The lowest BCUT2D eigenvalue weighted by atomic mass is 9.85. The molecule has 5 rings (SSSR count). The van der Waals surface area contributed by atoms with Crippen molar-refractivity contribution in [1.29, 1.82) is 0 Å². The van der Waals surface area contributed by atoms with Crippen LogP contribution >= 0.6 is 0 Å². The van der Waals surface area contributed by atoms with Crippen LogP contribution in [0.15, 0.2) is 66.8 Å². The van der Waals surface area contributed by atoms with Crippen LogP contribution in [0.25, 0.3) is 22.7 Å². The number of amides is 2. The summed E-state index contributed by atoms with van der Waals surface area (Å²) >= 11 is 0. The Bertz CT molecular complexity index is 1560. The van der Waals surface area contributed by atoms with E-state index in [9.17, 15) is 19.5 Å². The number of anilines is 1. The molecule has 0 spiro atoms. The molecule has 218 valence electrons. The molecule has 1 fully saturated rings. The number of nitrogens with zero attached hydrogens (tertiary/aromatic N) is 2. The van der Waals surface area contributed by atoms with Crippen LogP contribution in [0.4, 0.5) is 5.69 Å². The Labute approximate surface area is 244 Å². The first-order valence-electron chi connectivity index (χ1n) is 14.5. The number of aliphatic hydroxyl groups excluding tert-OH is 1. The van der Waals surface area contributed by atoms with Crippen molar-refractivity contribution in [3.05, 3.63) is 83.6 Å². The highest BCUT2D eigenvalue weighted by molar-refractivity contribution is 6.03. The molecule has 0 radical (unpaired) electrons. The van der Waals surface area contributed by atoms with Crippen molar-refractivity contribution in [1.82, 2.24) is 15.1 Å². The maximum atomic E-state index is 13.2. The summed E-state index contributed by atoms with van der Waals surface area (Å²) in [6, 6.07) is 10.8. The Morgan fingerprint density at radius 1 is 1.10 bits per heavy atom. The molecule has 2 aliphatic carbocycles. The van der Waals surface area contributed by atoms with Crippen LogP contribution in [0.2, 0.25) is 0 Å². The quantitative estimate of drug-likeness (QED) is 0.257. The average molecular weight is 569 g/mol. The van der Waals surface area contributed by atoms with E-state index in [0.717, 1.165) is 41.9 Å². The van der Waals surface area contributed by atoms with Crippen LogP contribution in [0.3, 0.4) is 0 Å². The van der Waals surface area contributed by atoms with Gasteiger partial charge in [0, 0.05) is 34.3 Å². The summed E-state index contributed by atoms with van der Waals surface area (Å²) in [4.78, 5) is 36.7. The Morgan fingerprint density at radius 2 is 1.86 bits per heavy atom. The Balaban J connectivity index is 1.34.